The van der Waals surface area contributed by atoms with Crippen LogP contribution >= 0.6 is 0 Å². The predicted molar refractivity (Wildman–Crippen MR) is 173 cm³/mol. The van der Waals surface area contributed by atoms with Crippen LogP contribution in [0.25, 0.3) is 32.8 Å². The standard InChI is InChI=1S/C38H33N2O4.Pt/c1-22-18-24-14-15-32(39-34(24)28(41)19-22)43-31-21-25(20-30-33(31)26-11-7-9-13-29(26)42-30)35-40-37(5)27-12-8-6-10-23(27)16-17-38(37,44-35)36(2,3)4;/h6-15,18-20,41H,16-17H2,1-5H3;/q-1;/t37-,38?;/m0./s1/i16D2;. The van der Waals surface area contributed by atoms with Gasteiger partial charge in [-0.3, -0.25) is 4.99 Å². The minimum atomic E-state index is -1.62. The van der Waals surface area contributed by atoms with E-state index in [1.165, 1.54) is 0 Å². The molecule has 1 aliphatic carbocycles. The molecule has 3 heterocycles. The molecule has 1 N–H and O–H groups in total. The number of pyridine rings is 1. The van der Waals surface area contributed by atoms with Gasteiger partial charge in [0.15, 0.2) is 0 Å². The van der Waals surface area contributed by atoms with E-state index in [0.717, 1.165) is 27.3 Å². The van der Waals surface area contributed by atoms with E-state index in [1.54, 1.807) is 12.1 Å². The molecule has 6 nitrogen and oxygen atoms in total. The van der Waals surface area contributed by atoms with Crippen molar-refractivity contribution in [1.82, 2.24) is 4.98 Å². The number of fused-ring (bicyclic) bond motifs is 7. The van der Waals surface area contributed by atoms with Crippen molar-refractivity contribution in [3.05, 3.63) is 107 Å². The molecule has 2 aromatic heterocycles. The fourth-order valence-corrected chi connectivity index (χ4v) is 7.06. The van der Waals surface area contributed by atoms with E-state index in [-0.39, 0.29) is 39.1 Å². The maximum atomic E-state index is 10.6. The van der Waals surface area contributed by atoms with Gasteiger partial charge in [-0.25, -0.2) is 4.98 Å². The summed E-state index contributed by atoms with van der Waals surface area (Å²) in [5.74, 6) is 1.09. The van der Waals surface area contributed by atoms with E-state index in [4.69, 9.17) is 21.6 Å². The van der Waals surface area contributed by atoms with Gasteiger partial charge >= 0.3 is 0 Å². The van der Waals surface area contributed by atoms with Crippen LogP contribution in [0, 0.1) is 18.4 Å². The summed E-state index contributed by atoms with van der Waals surface area (Å²) >= 11 is 0. The number of hydrogen-bond donors (Lipinski definition) is 1. The summed E-state index contributed by atoms with van der Waals surface area (Å²) in [7, 11) is 0. The third-order valence-corrected chi connectivity index (χ3v) is 9.27. The third-order valence-electron chi connectivity index (χ3n) is 9.27. The van der Waals surface area contributed by atoms with Crippen LogP contribution in [0.4, 0.5) is 0 Å². The smallest absolute Gasteiger partial charge is 0.217 e. The molecule has 0 fully saturated rings. The minimum absolute atomic E-state index is 0. The summed E-state index contributed by atoms with van der Waals surface area (Å²) in [6, 6.07) is 27.9. The number of aromatic nitrogens is 1. The average Bonchev–Trinajstić information content (AvgIpc) is 3.53. The maximum absolute atomic E-state index is 10.6. The Morgan fingerprint density at radius 1 is 1.00 bits per heavy atom. The number of benzene rings is 4. The molecule has 7 heteroatoms. The molecule has 230 valence electrons. The first-order chi connectivity index (χ1) is 21.8. The second kappa shape index (κ2) is 10.2. The molecule has 6 aromatic rings. The predicted octanol–water partition coefficient (Wildman–Crippen LogP) is 9.16. The Morgan fingerprint density at radius 2 is 1.78 bits per heavy atom. The molecule has 2 atom stereocenters. The third kappa shape index (κ3) is 4.33. The van der Waals surface area contributed by atoms with Crippen LogP contribution in [0.3, 0.4) is 0 Å². The second-order valence-corrected chi connectivity index (χ2v) is 13.0. The number of hydrogen-bond acceptors (Lipinski definition) is 6. The van der Waals surface area contributed by atoms with Gasteiger partial charge in [-0.2, -0.15) is 0 Å². The molecule has 0 spiro atoms. The van der Waals surface area contributed by atoms with Crippen molar-refractivity contribution in [2.45, 2.75) is 58.6 Å². The van der Waals surface area contributed by atoms with Gasteiger partial charge in [-0.05, 0) is 78.4 Å². The molecule has 0 bridgehead atoms. The molecule has 1 unspecified atom stereocenters. The topological polar surface area (TPSA) is 77.1 Å². The molecule has 0 radical (unpaired) electrons. The molecule has 4 aromatic carbocycles. The van der Waals surface area contributed by atoms with E-state index in [0.29, 0.717) is 39.5 Å². The monoisotopic (exact) mass is 778 g/mol. The van der Waals surface area contributed by atoms with Crippen LogP contribution in [0.1, 0.15) is 59.1 Å². The van der Waals surface area contributed by atoms with Gasteiger partial charge in [0, 0.05) is 40.7 Å². The fourth-order valence-electron chi connectivity index (χ4n) is 7.06. The Kier molecular flexibility index (Phi) is 6.15. The average molecular weight is 779 g/mol. The maximum Gasteiger partial charge on any atom is 0.217 e. The van der Waals surface area contributed by atoms with E-state index in [9.17, 15) is 5.11 Å². The second-order valence-electron chi connectivity index (χ2n) is 13.0. The number of nitrogens with zero attached hydrogens (tertiary/aromatic N) is 2. The Labute approximate surface area is 279 Å². The van der Waals surface area contributed by atoms with Crippen molar-refractivity contribution < 1.29 is 42.8 Å². The number of phenols is 1. The van der Waals surface area contributed by atoms with Crippen molar-refractivity contribution in [2.24, 2.45) is 10.4 Å². The van der Waals surface area contributed by atoms with Crippen molar-refractivity contribution in [1.29, 1.82) is 0 Å². The van der Waals surface area contributed by atoms with Crippen LogP contribution in [-0.4, -0.2) is 21.6 Å². The number of furan rings is 1. The van der Waals surface area contributed by atoms with Crippen molar-refractivity contribution in [3.8, 4) is 17.4 Å². The summed E-state index contributed by atoms with van der Waals surface area (Å²) in [5, 5.41) is 13.0. The molecule has 8 rings (SSSR count). The van der Waals surface area contributed by atoms with Gasteiger partial charge < -0.3 is 19.0 Å². The van der Waals surface area contributed by atoms with Gasteiger partial charge in [0.05, 0.1) is 11.3 Å². The number of aromatic hydroxyl groups is 1. The van der Waals surface area contributed by atoms with Crippen molar-refractivity contribution in [2.75, 3.05) is 0 Å². The van der Waals surface area contributed by atoms with Gasteiger partial charge in [0.1, 0.15) is 33.9 Å². The molecule has 2 aliphatic rings. The Balaban J connectivity index is 0.00000351. The number of aryl methyl sites for hydroxylation is 2. The Hall–Kier alpha value is -4.15. The molecular formula is C38H33N2O4Pt-. The van der Waals surface area contributed by atoms with Crippen molar-refractivity contribution >= 4 is 38.7 Å². The van der Waals surface area contributed by atoms with Crippen molar-refractivity contribution in [3.63, 3.8) is 0 Å². The van der Waals surface area contributed by atoms with E-state index in [2.05, 4.69) is 31.8 Å². The summed E-state index contributed by atoms with van der Waals surface area (Å²) in [4.78, 5) is 9.92. The first kappa shape index (κ1) is 27.2. The molecule has 0 amide bonds. The fraction of sp³-hybridized carbons (Fsp3) is 0.263. The zero-order valence-electron chi connectivity index (χ0n) is 27.6. The molecule has 1 aliphatic heterocycles. The van der Waals surface area contributed by atoms with Crippen LogP contribution in [-0.2, 0) is 37.7 Å². The van der Waals surface area contributed by atoms with Crippen LogP contribution in [0.2, 0.25) is 0 Å². The summed E-state index contributed by atoms with van der Waals surface area (Å²) < 4.78 is 37.9. The van der Waals surface area contributed by atoms with Gasteiger partial charge in [-0.15, -0.1) is 0 Å². The number of phenolic OH excluding ortho intramolecular Hbond substituents is 1. The summed E-state index contributed by atoms with van der Waals surface area (Å²) in [5.41, 5.74) is 2.23. The van der Waals surface area contributed by atoms with Gasteiger partial charge in [0.25, 0.3) is 0 Å². The molecule has 0 saturated heterocycles. The summed E-state index contributed by atoms with van der Waals surface area (Å²) in [6.07, 6.45) is -1.49. The largest absolute Gasteiger partial charge is 0.510 e. The molecular weight excluding hydrogens is 744 g/mol. The van der Waals surface area contributed by atoms with Gasteiger partial charge in [-0.1, -0.05) is 80.9 Å². The van der Waals surface area contributed by atoms with E-state index in [1.807, 2.05) is 80.6 Å². The first-order valence-electron chi connectivity index (χ1n) is 15.8. The first-order valence-corrected chi connectivity index (χ1v) is 14.8. The van der Waals surface area contributed by atoms with Crippen LogP contribution < -0.4 is 4.74 Å². The van der Waals surface area contributed by atoms with Crippen LogP contribution in [0.5, 0.6) is 17.4 Å². The normalized spacial score (nSPS) is 22.6. The van der Waals surface area contributed by atoms with Gasteiger partial charge in [0.2, 0.25) is 5.88 Å². The van der Waals surface area contributed by atoms with Crippen LogP contribution in [0.15, 0.2) is 88.3 Å². The number of aliphatic imine (C=N–C) groups is 1. The number of para-hydroxylation sites is 1. The number of rotatable bonds is 3. The SMILES string of the molecule is [2H]C1([2H])CC2(C(C)(C)C)OC(c3[c-]c(Oc4ccc5cc(C)cc(O)c5n4)c4c(c3)oc3ccccc34)=N[C@@]2(C)c2ccccc21.[Pt]. The number of ether oxygens (including phenoxy) is 2. The molecule has 0 saturated carbocycles. The van der Waals surface area contributed by atoms with E-state index < -0.39 is 22.9 Å². The molecule has 45 heavy (non-hydrogen) atoms. The minimum Gasteiger partial charge on any atom is -0.510 e. The zero-order chi connectivity index (χ0) is 32.2. The Bertz CT molecular complexity index is 2270. The van der Waals surface area contributed by atoms with E-state index >= 15 is 0 Å². The Morgan fingerprint density at radius 3 is 2.60 bits per heavy atom. The zero-order valence-corrected chi connectivity index (χ0v) is 27.9. The summed E-state index contributed by atoms with van der Waals surface area (Å²) in [6.45, 7) is 10.2. The quantitative estimate of drug-likeness (QED) is 0.182.